The van der Waals surface area contributed by atoms with Crippen LogP contribution in [0.3, 0.4) is 0 Å². The van der Waals surface area contributed by atoms with Gasteiger partial charge < -0.3 is 10.1 Å². The second-order valence-corrected chi connectivity index (χ2v) is 4.67. The molecule has 5 heteroatoms. The molecule has 1 atom stereocenters. The number of nitrogens with one attached hydrogen (secondary N) is 1. The molecule has 0 bridgehead atoms. The number of carbonyl (C=O) groups is 1. The standard InChI is InChI=1S/C13H16ClNO2.ClH/c1-15-7-8-3-4-9-11(17-2)6-5-10(14)12(9)13(8)16;/h5-6,8,15H,3-4,7H2,1-2H3;1H. The van der Waals surface area contributed by atoms with Crippen molar-refractivity contribution in [3.8, 4) is 5.75 Å². The van der Waals surface area contributed by atoms with Crippen molar-refractivity contribution in [2.45, 2.75) is 12.8 Å². The van der Waals surface area contributed by atoms with Crippen LogP contribution in [0.25, 0.3) is 0 Å². The van der Waals surface area contributed by atoms with Crippen molar-refractivity contribution in [3.05, 3.63) is 28.3 Å². The van der Waals surface area contributed by atoms with Crippen molar-refractivity contribution < 1.29 is 9.53 Å². The van der Waals surface area contributed by atoms with Crippen LogP contribution in [-0.2, 0) is 6.42 Å². The van der Waals surface area contributed by atoms with E-state index in [-0.39, 0.29) is 24.1 Å². The highest BCUT2D eigenvalue weighted by molar-refractivity contribution is 6.34. The Kier molecular flexibility index (Phi) is 5.45. The number of fused-ring (bicyclic) bond motifs is 1. The minimum absolute atomic E-state index is 0. The van der Waals surface area contributed by atoms with Crippen molar-refractivity contribution in [2.75, 3.05) is 20.7 Å². The third-order valence-corrected chi connectivity index (χ3v) is 3.56. The summed E-state index contributed by atoms with van der Waals surface area (Å²) in [4.78, 5) is 12.3. The van der Waals surface area contributed by atoms with Crippen molar-refractivity contribution >= 4 is 29.8 Å². The van der Waals surface area contributed by atoms with Gasteiger partial charge in [-0.15, -0.1) is 12.4 Å². The van der Waals surface area contributed by atoms with E-state index in [1.807, 2.05) is 13.1 Å². The molecule has 0 saturated carbocycles. The van der Waals surface area contributed by atoms with E-state index in [0.29, 0.717) is 17.1 Å². The lowest BCUT2D eigenvalue weighted by Gasteiger charge is -2.25. The lowest BCUT2D eigenvalue weighted by molar-refractivity contribution is 0.0901. The van der Waals surface area contributed by atoms with Crippen LogP contribution in [0.1, 0.15) is 22.3 Å². The maximum atomic E-state index is 12.3. The summed E-state index contributed by atoms with van der Waals surface area (Å²) in [6.45, 7) is 0.700. The van der Waals surface area contributed by atoms with E-state index >= 15 is 0 Å². The quantitative estimate of drug-likeness (QED) is 0.930. The van der Waals surface area contributed by atoms with Gasteiger partial charge in [0.1, 0.15) is 5.75 Å². The number of hydrogen-bond donors (Lipinski definition) is 1. The Bertz CT molecular complexity index is 449. The molecule has 0 radical (unpaired) electrons. The zero-order chi connectivity index (χ0) is 12.4. The lowest BCUT2D eigenvalue weighted by atomic mass is 9.82. The van der Waals surface area contributed by atoms with Crippen LogP contribution in [0.5, 0.6) is 5.75 Å². The highest BCUT2D eigenvalue weighted by Gasteiger charge is 2.30. The molecule has 0 aliphatic heterocycles. The second kappa shape index (κ2) is 6.41. The van der Waals surface area contributed by atoms with E-state index in [2.05, 4.69) is 5.32 Å². The second-order valence-electron chi connectivity index (χ2n) is 4.26. The number of rotatable bonds is 3. The normalized spacial score (nSPS) is 17.9. The number of carbonyl (C=O) groups excluding carboxylic acids is 1. The van der Waals surface area contributed by atoms with Crippen LogP contribution < -0.4 is 10.1 Å². The van der Waals surface area contributed by atoms with E-state index in [1.165, 1.54) is 0 Å². The Morgan fingerprint density at radius 1 is 1.50 bits per heavy atom. The zero-order valence-corrected chi connectivity index (χ0v) is 12.0. The molecule has 2 rings (SSSR count). The van der Waals surface area contributed by atoms with Gasteiger partial charge in [-0.2, -0.15) is 0 Å². The minimum Gasteiger partial charge on any atom is -0.496 e. The van der Waals surface area contributed by atoms with Gasteiger partial charge in [-0.05, 0) is 32.0 Å². The lowest BCUT2D eigenvalue weighted by Crippen LogP contribution is -2.31. The van der Waals surface area contributed by atoms with Gasteiger partial charge in [0.15, 0.2) is 5.78 Å². The number of ketones is 1. The summed E-state index contributed by atoms with van der Waals surface area (Å²) >= 11 is 6.13. The first-order chi connectivity index (χ1) is 8.19. The topological polar surface area (TPSA) is 38.3 Å². The average molecular weight is 290 g/mol. The first-order valence-corrected chi connectivity index (χ1v) is 6.11. The predicted octanol–water partition coefficient (Wildman–Crippen LogP) is 2.73. The van der Waals surface area contributed by atoms with E-state index < -0.39 is 0 Å². The summed E-state index contributed by atoms with van der Waals surface area (Å²) in [5.41, 5.74) is 1.61. The van der Waals surface area contributed by atoms with E-state index in [0.717, 1.165) is 24.2 Å². The Balaban J connectivity index is 0.00000162. The summed E-state index contributed by atoms with van der Waals surface area (Å²) in [5, 5.41) is 3.59. The monoisotopic (exact) mass is 289 g/mol. The molecule has 18 heavy (non-hydrogen) atoms. The number of ether oxygens (including phenoxy) is 1. The van der Waals surface area contributed by atoms with Gasteiger partial charge in [0.05, 0.1) is 12.1 Å². The van der Waals surface area contributed by atoms with Crippen molar-refractivity contribution in [2.24, 2.45) is 5.92 Å². The SMILES string of the molecule is CNCC1CCc2c(OC)ccc(Cl)c2C1=O.Cl. The van der Waals surface area contributed by atoms with Crippen LogP contribution >= 0.6 is 24.0 Å². The van der Waals surface area contributed by atoms with Gasteiger partial charge in [0.25, 0.3) is 0 Å². The van der Waals surface area contributed by atoms with Crippen LogP contribution in [0.4, 0.5) is 0 Å². The molecule has 1 aliphatic rings. The number of methoxy groups -OCH3 is 1. The number of benzene rings is 1. The molecule has 1 aliphatic carbocycles. The Morgan fingerprint density at radius 2 is 2.22 bits per heavy atom. The Morgan fingerprint density at radius 3 is 2.83 bits per heavy atom. The molecule has 100 valence electrons. The largest absolute Gasteiger partial charge is 0.496 e. The van der Waals surface area contributed by atoms with Gasteiger partial charge in [0, 0.05) is 23.6 Å². The van der Waals surface area contributed by atoms with Gasteiger partial charge in [-0.1, -0.05) is 11.6 Å². The van der Waals surface area contributed by atoms with Crippen LogP contribution in [0.15, 0.2) is 12.1 Å². The summed E-state index contributed by atoms with van der Waals surface area (Å²) < 4.78 is 5.28. The van der Waals surface area contributed by atoms with Crippen LogP contribution in [0, 0.1) is 5.92 Å². The van der Waals surface area contributed by atoms with Crippen LogP contribution in [-0.4, -0.2) is 26.5 Å². The zero-order valence-electron chi connectivity index (χ0n) is 10.5. The molecule has 1 unspecified atom stereocenters. The van der Waals surface area contributed by atoms with Crippen molar-refractivity contribution in [1.29, 1.82) is 0 Å². The Labute approximate surface area is 118 Å². The van der Waals surface area contributed by atoms with Crippen molar-refractivity contribution in [3.63, 3.8) is 0 Å². The number of hydrogen-bond acceptors (Lipinski definition) is 3. The summed E-state index contributed by atoms with van der Waals surface area (Å²) in [5.74, 6) is 0.919. The highest BCUT2D eigenvalue weighted by atomic mass is 35.5. The summed E-state index contributed by atoms with van der Waals surface area (Å²) in [6, 6.07) is 3.56. The fourth-order valence-corrected chi connectivity index (χ4v) is 2.67. The van der Waals surface area contributed by atoms with Gasteiger partial charge >= 0.3 is 0 Å². The molecule has 0 saturated heterocycles. The summed E-state index contributed by atoms with van der Waals surface area (Å²) in [7, 11) is 3.48. The molecule has 0 spiro atoms. The molecule has 0 amide bonds. The number of Topliss-reactive ketones (excluding diaryl/α,β-unsaturated/α-hetero) is 1. The van der Waals surface area contributed by atoms with Gasteiger partial charge in [-0.25, -0.2) is 0 Å². The van der Waals surface area contributed by atoms with Crippen LogP contribution in [0.2, 0.25) is 5.02 Å². The average Bonchev–Trinajstić information content (AvgIpc) is 2.33. The first-order valence-electron chi connectivity index (χ1n) is 5.73. The van der Waals surface area contributed by atoms with E-state index in [1.54, 1.807) is 13.2 Å². The third kappa shape index (κ3) is 2.63. The fourth-order valence-electron chi connectivity index (χ4n) is 2.40. The minimum atomic E-state index is 0. The third-order valence-electron chi connectivity index (χ3n) is 3.25. The number of halogens is 2. The molecule has 1 aromatic rings. The maximum Gasteiger partial charge on any atom is 0.169 e. The molecule has 3 nitrogen and oxygen atoms in total. The highest BCUT2D eigenvalue weighted by Crippen LogP contribution is 2.36. The first kappa shape index (κ1) is 15.3. The van der Waals surface area contributed by atoms with Gasteiger partial charge in [0.2, 0.25) is 0 Å². The molecule has 1 aromatic carbocycles. The molecule has 1 N–H and O–H groups in total. The smallest absolute Gasteiger partial charge is 0.169 e. The molecular formula is C13H17Cl2NO2. The van der Waals surface area contributed by atoms with E-state index in [4.69, 9.17) is 16.3 Å². The summed E-state index contributed by atoms with van der Waals surface area (Å²) in [6.07, 6.45) is 1.69. The van der Waals surface area contributed by atoms with Crippen molar-refractivity contribution in [1.82, 2.24) is 5.32 Å². The molecule has 0 aromatic heterocycles. The Hall–Kier alpha value is -0.770. The van der Waals surface area contributed by atoms with Gasteiger partial charge in [-0.3, -0.25) is 4.79 Å². The fraction of sp³-hybridized carbons (Fsp3) is 0.462. The predicted molar refractivity (Wildman–Crippen MR) is 75.3 cm³/mol. The maximum absolute atomic E-state index is 12.3. The van der Waals surface area contributed by atoms with E-state index in [9.17, 15) is 4.79 Å². The molecule has 0 heterocycles. The molecular weight excluding hydrogens is 273 g/mol. The molecule has 0 fully saturated rings.